The molecule has 2 fully saturated rings. The van der Waals surface area contributed by atoms with Crippen LogP contribution in [0.5, 0.6) is 0 Å². The summed E-state index contributed by atoms with van der Waals surface area (Å²) in [5.41, 5.74) is 0. The zero-order valence-corrected chi connectivity index (χ0v) is 12.6. The van der Waals surface area contributed by atoms with Crippen LogP contribution in [-0.2, 0) is 4.79 Å². The molecule has 0 aliphatic heterocycles. The summed E-state index contributed by atoms with van der Waals surface area (Å²) in [5, 5.41) is 0. The third kappa shape index (κ3) is 4.81. The highest BCUT2D eigenvalue weighted by molar-refractivity contribution is 5.76. The molecule has 1 amide bonds. The van der Waals surface area contributed by atoms with Gasteiger partial charge in [-0.05, 0) is 44.4 Å². The molecule has 0 bridgehead atoms. The number of carbonyl (C=O) groups is 1. The van der Waals surface area contributed by atoms with E-state index in [9.17, 15) is 4.79 Å². The Morgan fingerprint density at radius 1 is 1.05 bits per heavy atom. The summed E-state index contributed by atoms with van der Waals surface area (Å²) in [6.07, 6.45) is 16.3. The smallest absolute Gasteiger partial charge is 0.222 e. The first-order valence-electron chi connectivity index (χ1n) is 8.36. The van der Waals surface area contributed by atoms with E-state index in [0.29, 0.717) is 11.9 Å². The van der Waals surface area contributed by atoms with Crippen molar-refractivity contribution in [2.45, 2.75) is 89.5 Å². The molecule has 1 radical (unpaired) electrons. The lowest BCUT2D eigenvalue weighted by molar-refractivity contribution is -0.132. The van der Waals surface area contributed by atoms with Gasteiger partial charge in [-0.3, -0.25) is 4.79 Å². The second-order valence-corrected chi connectivity index (χ2v) is 6.46. The maximum atomic E-state index is 12.2. The zero-order valence-electron chi connectivity index (χ0n) is 12.6. The lowest BCUT2D eigenvalue weighted by atomic mass is 9.85. The molecular weight excluding hydrogens is 234 g/mol. The van der Waals surface area contributed by atoms with Crippen molar-refractivity contribution in [3.8, 4) is 0 Å². The van der Waals surface area contributed by atoms with E-state index in [-0.39, 0.29) is 0 Å². The van der Waals surface area contributed by atoms with Crippen LogP contribution in [0.4, 0.5) is 0 Å². The second-order valence-electron chi connectivity index (χ2n) is 6.46. The number of nitrogens with zero attached hydrogens (tertiary/aromatic N) is 1. The molecule has 0 N–H and O–H groups in total. The quantitative estimate of drug-likeness (QED) is 0.716. The maximum Gasteiger partial charge on any atom is 0.222 e. The van der Waals surface area contributed by atoms with Crippen LogP contribution in [0.25, 0.3) is 0 Å². The summed E-state index contributed by atoms with van der Waals surface area (Å²) in [5.74, 6) is 2.10. The van der Waals surface area contributed by atoms with Crippen molar-refractivity contribution in [1.82, 2.24) is 4.90 Å². The number of amides is 1. The van der Waals surface area contributed by atoms with Crippen LogP contribution < -0.4 is 0 Å². The number of carbonyl (C=O) groups excluding carboxylic acids is 1. The molecular formula is C17H30NO. The van der Waals surface area contributed by atoms with Crippen molar-refractivity contribution in [1.29, 1.82) is 0 Å². The highest BCUT2D eigenvalue weighted by atomic mass is 16.2. The standard InChI is InChI=1S/C17H30NO/c1-18(16-12-6-3-7-13-16)17(19)14-8-11-15-9-4-2-5-10-15/h16H,2-14H2,1H3. The predicted molar refractivity (Wildman–Crippen MR) is 79.8 cm³/mol. The van der Waals surface area contributed by atoms with Crippen LogP contribution in [0.1, 0.15) is 83.5 Å². The number of hydrogen-bond acceptors (Lipinski definition) is 1. The third-order valence-corrected chi connectivity index (χ3v) is 5.00. The van der Waals surface area contributed by atoms with Gasteiger partial charge >= 0.3 is 0 Å². The summed E-state index contributed by atoms with van der Waals surface area (Å²) >= 11 is 0. The minimum atomic E-state index is 0.378. The fraction of sp³-hybridized carbons (Fsp3) is 0.882. The molecule has 0 aromatic carbocycles. The van der Waals surface area contributed by atoms with Gasteiger partial charge in [-0.2, -0.15) is 0 Å². The Labute approximate surface area is 118 Å². The maximum absolute atomic E-state index is 12.2. The van der Waals surface area contributed by atoms with Gasteiger partial charge in [0.05, 0.1) is 0 Å². The second kappa shape index (κ2) is 7.91. The molecule has 0 spiro atoms. The normalized spacial score (nSPS) is 22.4. The van der Waals surface area contributed by atoms with Crippen LogP contribution in [-0.4, -0.2) is 23.9 Å². The van der Waals surface area contributed by atoms with Gasteiger partial charge < -0.3 is 4.90 Å². The minimum absolute atomic E-state index is 0.378. The largest absolute Gasteiger partial charge is 0.343 e. The first-order chi connectivity index (χ1) is 9.27. The first-order valence-corrected chi connectivity index (χ1v) is 8.36. The van der Waals surface area contributed by atoms with E-state index in [1.807, 2.05) is 11.9 Å². The fourth-order valence-corrected chi connectivity index (χ4v) is 3.64. The lowest BCUT2D eigenvalue weighted by Crippen LogP contribution is -2.38. The summed E-state index contributed by atoms with van der Waals surface area (Å²) in [4.78, 5) is 14.2. The zero-order chi connectivity index (χ0) is 13.5. The molecule has 2 aliphatic carbocycles. The van der Waals surface area contributed by atoms with Crippen LogP contribution in [0.15, 0.2) is 0 Å². The molecule has 0 unspecified atom stereocenters. The van der Waals surface area contributed by atoms with Gasteiger partial charge in [0.15, 0.2) is 0 Å². The first kappa shape index (κ1) is 14.9. The van der Waals surface area contributed by atoms with Crippen molar-refractivity contribution in [3.05, 3.63) is 5.92 Å². The van der Waals surface area contributed by atoms with Gasteiger partial charge in [0.25, 0.3) is 0 Å². The van der Waals surface area contributed by atoms with Crippen molar-refractivity contribution in [2.24, 2.45) is 0 Å². The van der Waals surface area contributed by atoms with Gasteiger partial charge in [0, 0.05) is 19.5 Å². The Balaban J connectivity index is 1.62. The molecule has 109 valence electrons. The van der Waals surface area contributed by atoms with E-state index in [1.54, 1.807) is 5.92 Å². The van der Waals surface area contributed by atoms with Crippen molar-refractivity contribution >= 4 is 5.91 Å². The highest BCUT2D eigenvalue weighted by Crippen LogP contribution is 2.30. The van der Waals surface area contributed by atoms with Gasteiger partial charge in [-0.1, -0.05) is 38.5 Å². The van der Waals surface area contributed by atoms with Gasteiger partial charge in [-0.15, -0.1) is 0 Å². The van der Waals surface area contributed by atoms with E-state index < -0.39 is 0 Å². The van der Waals surface area contributed by atoms with E-state index in [2.05, 4.69) is 0 Å². The van der Waals surface area contributed by atoms with E-state index in [1.165, 1.54) is 70.6 Å². The van der Waals surface area contributed by atoms with E-state index in [0.717, 1.165) is 12.8 Å². The SMILES string of the molecule is CN(C(=O)CCC[C]1CCCCC1)C1CCCCC1. The minimum Gasteiger partial charge on any atom is -0.343 e. The third-order valence-electron chi connectivity index (χ3n) is 5.00. The Morgan fingerprint density at radius 2 is 1.68 bits per heavy atom. The van der Waals surface area contributed by atoms with Crippen LogP contribution in [0.2, 0.25) is 0 Å². The molecule has 2 saturated carbocycles. The molecule has 0 saturated heterocycles. The monoisotopic (exact) mass is 264 g/mol. The van der Waals surface area contributed by atoms with Crippen molar-refractivity contribution in [2.75, 3.05) is 7.05 Å². The Morgan fingerprint density at radius 3 is 2.37 bits per heavy atom. The van der Waals surface area contributed by atoms with Crippen LogP contribution in [0, 0.1) is 5.92 Å². The van der Waals surface area contributed by atoms with Gasteiger partial charge in [0.2, 0.25) is 5.91 Å². The summed E-state index contributed by atoms with van der Waals surface area (Å²) in [6.45, 7) is 0. The Hall–Kier alpha value is -0.530. The van der Waals surface area contributed by atoms with Crippen molar-refractivity contribution < 1.29 is 4.79 Å². The van der Waals surface area contributed by atoms with E-state index >= 15 is 0 Å². The molecule has 0 aromatic rings. The van der Waals surface area contributed by atoms with Crippen LogP contribution >= 0.6 is 0 Å². The molecule has 2 heteroatoms. The topological polar surface area (TPSA) is 20.3 Å². The molecule has 2 rings (SSSR count). The lowest BCUT2D eigenvalue weighted by Gasteiger charge is -2.31. The summed E-state index contributed by atoms with van der Waals surface area (Å²) < 4.78 is 0. The fourth-order valence-electron chi connectivity index (χ4n) is 3.64. The molecule has 2 nitrogen and oxygen atoms in total. The molecule has 0 aromatic heterocycles. The highest BCUT2D eigenvalue weighted by Gasteiger charge is 2.22. The molecule has 0 heterocycles. The van der Waals surface area contributed by atoms with E-state index in [4.69, 9.17) is 0 Å². The van der Waals surface area contributed by atoms with Gasteiger partial charge in [0.1, 0.15) is 0 Å². The summed E-state index contributed by atoms with van der Waals surface area (Å²) in [6, 6.07) is 0.531. The Kier molecular flexibility index (Phi) is 6.19. The number of hydrogen-bond donors (Lipinski definition) is 0. The Bertz CT molecular complexity index is 264. The summed E-state index contributed by atoms with van der Waals surface area (Å²) in [7, 11) is 2.02. The molecule has 2 aliphatic rings. The molecule has 0 atom stereocenters. The van der Waals surface area contributed by atoms with Gasteiger partial charge in [-0.25, -0.2) is 0 Å². The number of rotatable bonds is 5. The average Bonchev–Trinajstić information content (AvgIpc) is 2.48. The predicted octanol–water partition coefficient (Wildman–Crippen LogP) is 4.49. The average molecular weight is 264 g/mol. The van der Waals surface area contributed by atoms with Crippen molar-refractivity contribution in [3.63, 3.8) is 0 Å². The van der Waals surface area contributed by atoms with Crippen LogP contribution in [0.3, 0.4) is 0 Å². The molecule has 19 heavy (non-hydrogen) atoms.